The van der Waals surface area contributed by atoms with Crippen molar-refractivity contribution < 1.29 is 4.74 Å². The molecule has 0 aromatic rings. The summed E-state index contributed by atoms with van der Waals surface area (Å²) in [7, 11) is 1.78. The van der Waals surface area contributed by atoms with Crippen molar-refractivity contribution in [2.24, 2.45) is 10.8 Å². The SMILES string of the molecule is COCCCC1(CBr)CC1(C)C. The third kappa shape index (κ3) is 1.85. The largest absolute Gasteiger partial charge is 0.385 e. The van der Waals surface area contributed by atoms with Gasteiger partial charge in [-0.05, 0) is 30.1 Å². The first kappa shape index (κ1) is 10.5. The summed E-state index contributed by atoms with van der Waals surface area (Å²) in [6.07, 6.45) is 3.87. The van der Waals surface area contributed by atoms with E-state index in [-0.39, 0.29) is 0 Å². The Kier molecular flexibility index (Phi) is 3.21. The van der Waals surface area contributed by atoms with Crippen molar-refractivity contribution >= 4 is 15.9 Å². The number of rotatable bonds is 5. The standard InChI is InChI=1S/C10H19BrO/c1-9(2)7-10(9,8-11)5-4-6-12-3/h4-8H2,1-3H3. The normalized spacial score (nSPS) is 32.0. The number of alkyl halides is 1. The van der Waals surface area contributed by atoms with Crippen molar-refractivity contribution in [3.63, 3.8) is 0 Å². The lowest BCUT2D eigenvalue weighted by atomic mass is 9.93. The zero-order valence-electron chi connectivity index (χ0n) is 8.32. The molecule has 0 amide bonds. The van der Waals surface area contributed by atoms with E-state index >= 15 is 0 Å². The predicted octanol–water partition coefficient (Wildman–Crippen LogP) is 3.22. The highest BCUT2D eigenvalue weighted by molar-refractivity contribution is 9.09. The Hall–Kier alpha value is 0.440. The second kappa shape index (κ2) is 3.67. The molecule has 0 saturated heterocycles. The molecule has 0 aliphatic heterocycles. The number of hydrogen-bond acceptors (Lipinski definition) is 1. The molecule has 0 N–H and O–H groups in total. The summed E-state index contributed by atoms with van der Waals surface area (Å²) in [5.41, 5.74) is 1.13. The molecular weight excluding hydrogens is 216 g/mol. The molecule has 1 aliphatic rings. The fourth-order valence-electron chi connectivity index (χ4n) is 2.08. The van der Waals surface area contributed by atoms with E-state index in [0.29, 0.717) is 10.8 Å². The monoisotopic (exact) mass is 234 g/mol. The van der Waals surface area contributed by atoms with Crippen LogP contribution in [0.25, 0.3) is 0 Å². The molecule has 12 heavy (non-hydrogen) atoms. The van der Waals surface area contributed by atoms with E-state index in [1.165, 1.54) is 19.3 Å². The van der Waals surface area contributed by atoms with Gasteiger partial charge in [0.2, 0.25) is 0 Å². The molecule has 1 nitrogen and oxygen atoms in total. The van der Waals surface area contributed by atoms with Gasteiger partial charge in [0.25, 0.3) is 0 Å². The lowest BCUT2D eigenvalue weighted by molar-refractivity contribution is 0.183. The molecule has 1 saturated carbocycles. The van der Waals surface area contributed by atoms with Gasteiger partial charge in [-0.1, -0.05) is 29.8 Å². The van der Waals surface area contributed by atoms with Crippen molar-refractivity contribution in [3.8, 4) is 0 Å². The van der Waals surface area contributed by atoms with Gasteiger partial charge in [0.1, 0.15) is 0 Å². The highest BCUT2D eigenvalue weighted by atomic mass is 79.9. The Bertz CT molecular complexity index is 156. The van der Waals surface area contributed by atoms with Crippen LogP contribution >= 0.6 is 15.9 Å². The Balaban J connectivity index is 2.30. The van der Waals surface area contributed by atoms with Crippen LogP contribution in [-0.4, -0.2) is 19.0 Å². The maximum Gasteiger partial charge on any atom is 0.0462 e. The zero-order chi connectivity index (χ0) is 9.24. The van der Waals surface area contributed by atoms with Gasteiger partial charge >= 0.3 is 0 Å². The third-order valence-corrected chi connectivity index (χ3v) is 4.42. The van der Waals surface area contributed by atoms with E-state index in [0.717, 1.165) is 11.9 Å². The van der Waals surface area contributed by atoms with Crippen molar-refractivity contribution in [1.29, 1.82) is 0 Å². The van der Waals surface area contributed by atoms with Gasteiger partial charge in [0.15, 0.2) is 0 Å². The molecule has 0 bridgehead atoms. The van der Waals surface area contributed by atoms with Crippen LogP contribution in [0.15, 0.2) is 0 Å². The molecule has 0 spiro atoms. The topological polar surface area (TPSA) is 9.23 Å². The molecule has 1 fully saturated rings. The summed E-state index contributed by atoms with van der Waals surface area (Å²) < 4.78 is 5.06. The van der Waals surface area contributed by atoms with Gasteiger partial charge in [-0.25, -0.2) is 0 Å². The zero-order valence-corrected chi connectivity index (χ0v) is 9.91. The molecule has 0 aromatic carbocycles. The lowest BCUT2D eigenvalue weighted by Crippen LogP contribution is -2.11. The van der Waals surface area contributed by atoms with E-state index in [1.54, 1.807) is 7.11 Å². The van der Waals surface area contributed by atoms with E-state index in [9.17, 15) is 0 Å². The summed E-state index contributed by atoms with van der Waals surface area (Å²) in [5, 5.41) is 1.15. The Morgan fingerprint density at radius 2 is 2.00 bits per heavy atom. The summed E-state index contributed by atoms with van der Waals surface area (Å²) in [5.74, 6) is 0. The molecule has 0 aromatic heterocycles. The fraction of sp³-hybridized carbons (Fsp3) is 1.00. The van der Waals surface area contributed by atoms with Gasteiger partial charge in [0, 0.05) is 19.0 Å². The number of ether oxygens (including phenoxy) is 1. The van der Waals surface area contributed by atoms with Gasteiger partial charge in [-0.3, -0.25) is 0 Å². The van der Waals surface area contributed by atoms with Crippen LogP contribution in [0.1, 0.15) is 33.1 Å². The minimum atomic E-state index is 0.560. The highest BCUT2D eigenvalue weighted by Gasteiger charge is 2.59. The van der Waals surface area contributed by atoms with E-state index < -0.39 is 0 Å². The summed E-state index contributed by atoms with van der Waals surface area (Å²) in [4.78, 5) is 0. The van der Waals surface area contributed by atoms with Crippen molar-refractivity contribution in [3.05, 3.63) is 0 Å². The summed E-state index contributed by atoms with van der Waals surface area (Å²) >= 11 is 3.62. The van der Waals surface area contributed by atoms with Crippen LogP contribution in [0.4, 0.5) is 0 Å². The Morgan fingerprint density at radius 3 is 2.33 bits per heavy atom. The second-order valence-electron chi connectivity index (χ2n) is 4.57. The maximum absolute atomic E-state index is 5.06. The number of halogens is 1. The third-order valence-electron chi connectivity index (χ3n) is 3.35. The minimum absolute atomic E-state index is 0.560. The lowest BCUT2D eigenvalue weighted by Gasteiger charge is -2.16. The molecular formula is C10H19BrO. The van der Waals surface area contributed by atoms with Crippen LogP contribution in [0.5, 0.6) is 0 Å². The number of methoxy groups -OCH3 is 1. The average Bonchev–Trinajstić information content (AvgIpc) is 2.55. The van der Waals surface area contributed by atoms with Gasteiger partial charge in [-0.2, -0.15) is 0 Å². The Labute approximate surface area is 84.0 Å². The summed E-state index contributed by atoms with van der Waals surface area (Å²) in [6.45, 7) is 5.63. The first-order valence-corrected chi connectivity index (χ1v) is 5.75. The van der Waals surface area contributed by atoms with Crippen LogP contribution in [0.2, 0.25) is 0 Å². The minimum Gasteiger partial charge on any atom is -0.385 e. The first-order chi connectivity index (χ1) is 5.58. The predicted molar refractivity (Wildman–Crippen MR) is 55.7 cm³/mol. The van der Waals surface area contributed by atoms with E-state index in [2.05, 4.69) is 29.8 Å². The van der Waals surface area contributed by atoms with Crippen molar-refractivity contribution in [1.82, 2.24) is 0 Å². The van der Waals surface area contributed by atoms with Crippen molar-refractivity contribution in [2.45, 2.75) is 33.1 Å². The van der Waals surface area contributed by atoms with E-state index in [1.807, 2.05) is 0 Å². The molecule has 2 heteroatoms. The van der Waals surface area contributed by atoms with Crippen molar-refractivity contribution in [2.75, 3.05) is 19.0 Å². The van der Waals surface area contributed by atoms with Crippen LogP contribution in [-0.2, 0) is 4.74 Å². The molecule has 0 heterocycles. The van der Waals surface area contributed by atoms with Gasteiger partial charge in [-0.15, -0.1) is 0 Å². The fourth-order valence-corrected chi connectivity index (χ4v) is 3.32. The van der Waals surface area contributed by atoms with E-state index in [4.69, 9.17) is 4.74 Å². The average molecular weight is 235 g/mol. The quantitative estimate of drug-likeness (QED) is 0.525. The first-order valence-electron chi connectivity index (χ1n) is 4.63. The molecule has 1 aliphatic carbocycles. The molecule has 1 unspecified atom stereocenters. The smallest absolute Gasteiger partial charge is 0.0462 e. The van der Waals surface area contributed by atoms with Gasteiger partial charge < -0.3 is 4.74 Å². The molecule has 1 atom stereocenters. The molecule has 0 radical (unpaired) electrons. The Morgan fingerprint density at radius 1 is 1.42 bits per heavy atom. The van der Waals surface area contributed by atoms with Crippen LogP contribution < -0.4 is 0 Å². The highest BCUT2D eigenvalue weighted by Crippen LogP contribution is 2.66. The molecule has 1 rings (SSSR count). The maximum atomic E-state index is 5.06. The number of hydrogen-bond donors (Lipinski definition) is 0. The molecule has 72 valence electrons. The van der Waals surface area contributed by atoms with Gasteiger partial charge in [0.05, 0.1) is 0 Å². The summed E-state index contributed by atoms with van der Waals surface area (Å²) in [6, 6.07) is 0. The second-order valence-corrected chi connectivity index (χ2v) is 5.13. The van der Waals surface area contributed by atoms with Crippen LogP contribution in [0.3, 0.4) is 0 Å². The van der Waals surface area contributed by atoms with Crippen LogP contribution in [0, 0.1) is 10.8 Å².